The molecule has 178 valence electrons. The van der Waals surface area contributed by atoms with Crippen LogP contribution < -0.4 is 10.5 Å². The smallest absolute Gasteiger partial charge is 0.339 e. The Morgan fingerprint density at radius 2 is 1.67 bits per heavy atom. The van der Waals surface area contributed by atoms with E-state index in [9.17, 15) is 35.9 Å². The van der Waals surface area contributed by atoms with Gasteiger partial charge in [0.15, 0.2) is 0 Å². The summed E-state index contributed by atoms with van der Waals surface area (Å²) in [5.74, 6) is -0.681. The minimum Gasteiger partial charge on any atom is -0.339 e. The van der Waals surface area contributed by atoms with E-state index < -0.39 is 34.2 Å². The molecule has 1 atom stereocenters. The molecule has 4 rings (SSSR count). The molecule has 33 heavy (non-hydrogen) atoms. The SMILES string of the molecule is O=C(C[C@@H]1CCc2cc(=O)n(C(F)(F)F)nc21)N1CCN(c2ncc(C(F)(F)F)cn2)CC1. The number of rotatable bonds is 3. The number of aryl methyl sites for hydroxylation is 1. The molecule has 3 heterocycles. The van der Waals surface area contributed by atoms with Gasteiger partial charge >= 0.3 is 12.5 Å². The van der Waals surface area contributed by atoms with Crippen LogP contribution in [0.5, 0.6) is 0 Å². The van der Waals surface area contributed by atoms with Crippen molar-refractivity contribution < 1.29 is 31.1 Å². The van der Waals surface area contributed by atoms with Crippen LogP contribution >= 0.6 is 0 Å². The van der Waals surface area contributed by atoms with Gasteiger partial charge in [-0.15, -0.1) is 17.9 Å². The van der Waals surface area contributed by atoms with E-state index in [1.807, 2.05) is 0 Å². The lowest BCUT2D eigenvalue weighted by Gasteiger charge is -2.35. The Kier molecular flexibility index (Phi) is 5.78. The van der Waals surface area contributed by atoms with Crippen molar-refractivity contribution in [1.82, 2.24) is 24.6 Å². The Morgan fingerprint density at radius 3 is 2.24 bits per heavy atom. The second-order valence-corrected chi connectivity index (χ2v) is 7.85. The molecule has 1 saturated heterocycles. The van der Waals surface area contributed by atoms with E-state index in [1.165, 1.54) is 0 Å². The molecule has 14 heteroatoms. The zero-order valence-corrected chi connectivity index (χ0v) is 17.0. The fourth-order valence-corrected chi connectivity index (χ4v) is 4.02. The molecule has 0 spiro atoms. The number of aromatic nitrogens is 4. The summed E-state index contributed by atoms with van der Waals surface area (Å²) in [5.41, 5.74) is -1.68. The van der Waals surface area contributed by atoms with Gasteiger partial charge in [-0.05, 0) is 18.4 Å². The van der Waals surface area contributed by atoms with Gasteiger partial charge in [-0.25, -0.2) is 9.97 Å². The number of piperazine rings is 1. The number of hydrogen-bond acceptors (Lipinski definition) is 6. The summed E-state index contributed by atoms with van der Waals surface area (Å²) in [7, 11) is 0. The molecular weight excluding hydrogens is 458 g/mol. The Hall–Kier alpha value is -3.19. The van der Waals surface area contributed by atoms with Crippen molar-refractivity contribution in [3.05, 3.63) is 45.6 Å². The molecule has 2 aliphatic rings. The maximum absolute atomic E-state index is 13.0. The van der Waals surface area contributed by atoms with E-state index in [1.54, 1.807) is 9.80 Å². The van der Waals surface area contributed by atoms with Crippen molar-refractivity contribution in [2.45, 2.75) is 37.7 Å². The third kappa shape index (κ3) is 4.78. The second kappa shape index (κ2) is 8.30. The Morgan fingerprint density at radius 1 is 1.03 bits per heavy atom. The topological polar surface area (TPSA) is 84.2 Å². The number of alkyl halides is 6. The number of carbonyl (C=O) groups is 1. The van der Waals surface area contributed by atoms with Crippen molar-refractivity contribution in [3.63, 3.8) is 0 Å². The molecule has 8 nitrogen and oxygen atoms in total. The molecule has 2 aromatic rings. The lowest BCUT2D eigenvalue weighted by atomic mass is 10.0. The maximum atomic E-state index is 13.0. The highest BCUT2D eigenvalue weighted by molar-refractivity contribution is 5.77. The second-order valence-electron chi connectivity index (χ2n) is 7.85. The third-order valence-electron chi connectivity index (χ3n) is 5.73. The molecule has 0 saturated carbocycles. The normalized spacial score (nSPS) is 19.0. The number of anilines is 1. The van der Waals surface area contributed by atoms with Gasteiger partial charge < -0.3 is 9.80 Å². The lowest BCUT2D eigenvalue weighted by Crippen LogP contribution is -2.49. The number of nitrogens with zero attached hydrogens (tertiary/aromatic N) is 6. The van der Waals surface area contributed by atoms with E-state index >= 15 is 0 Å². The van der Waals surface area contributed by atoms with Gasteiger partial charge in [0.1, 0.15) is 0 Å². The van der Waals surface area contributed by atoms with Gasteiger partial charge in [0, 0.05) is 57.0 Å². The molecule has 0 N–H and O–H groups in total. The molecule has 2 aromatic heterocycles. The predicted octanol–water partition coefficient (Wildman–Crippen LogP) is 2.30. The number of fused-ring (bicyclic) bond motifs is 1. The van der Waals surface area contributed by atoms with Crippen LogP contribution in [0.25, 0.3) is 0 Å². The van der Waals surface area contributed by atoms with Crippen LogP contribution in [-0.2, 0) is 23.7 Å². The van der Waals surface area contributed by atoms with Crippen LogP contribution in [-0.4, -0.2) is 56.7 Å². The van der Waals surface area contributed by atoms with Crippen molar-refractivity contribution >= 4 is 11.9 Å². The van der Waals surface area contributed by atoms with Crippen molar-refractivity contribution in [2.24, 2.45) is 0 Å². The van der Waals surface area contributed by atoms with Gasteiger partial charge in [0.2, 0.25) is 11.9 Å². The van der Waals surface area contributed by atoms with Crippen molar-refractivity contribution in [2.75, 3.05) is 31.1 Å². The summed E-state index contributed by atoms with van der Waals surface area (Å²) < 4.78 is 76.5. The van der Waals surface area contributed by atoms with Crippen LogP contribution in [0, 0.1) is 0 Å². The molecule has 0 unspecified atom stereocenters. The van der Waals surface area contributed by atoms with E-state index in [4.69, 9.17) is 0 Å². The van der Waals surface area contributed by atoms with Crippen LogP contribution in [0.2, 0.25) is 0 Å². The Labute approximate surface area is 182 Å². The van der Waals surface area contributed by atoms with Gasteiger partial charge in [-0.1, -0.05) is 0 Å². The average molecular weight is 476 g/mol. The summed E-state index contributed by atoms with van der Waals surface area (Å²) in [6.45, 7) is 1.12. The summed E-state index contributed by atoms with van der Waals surface area (Å²) in [6, 6.07) is 0.920. The van der Waals surface area contributed by atoms with E-state index in [0.29, 0.717) is 43.9 Å². The first kappa shape index (κ1) is 23.0. The standard InChI is InChI=1S/C19H18F6N6O2/c20-18(21,22)13-9-26-17(27-10-13)30-5-3-29(4-6-30)14(32)7-11-1-2-12-8-15(33)31(19(23,24)25)28-16(11)12/h8-11H,1-7H2/t11-/m0/s1. The predicted molar refractivity (Wildman–Crippen MR) is 101 cm³/mol. The first-order valence-corrected chi connectivity index (χ1v) is 10.1. The Balaban J connectivity index is 1.38. The van der Waals surface area contributed by atoms with Gasteiger partial charge in [0.05, 0.1) is 11.3 Å². The molecule has 0 bridgehead atoms. The first-order chi connectivity index (χ1) is 15.4. The monoisotopic (exact) mass is 476 g/mol. The van der Waals surface area contributed by atoms with E-state index in [0.717, 1.165) is 6.07 Å². The minimum atomic E-state index is -4.94. The van der Waals surface area contributed by atoms with Crippen LogP contribution in [0.15, 0.2) is 23.3 Å². The van der Waals surface area contributed by atoms with Gasteiger partial charge in [-0.3, -0.25) is 9.59 Å². The Bertz CT molecular complexity index is 1090. The average Bonchev–Trinajstić information content (AvgIpc) is 3.13. The summed E-state index contributed by atoms with van der Waals surface area (Å²) in [6.07, 6.45) is -7.35. The zero-order chi connectivity index (χ0) is 24.0. The number of amides is 1. The highest BCUT2D eigenvalue weighted by atomic mass is 19.4. The molecule has 1 fully saturated rings. The number of hydrogen-bond donors (Lipinski definition) is 0. The molecule has 1 aliphatic heterocycles. The highest BCUT2D eigenvalue weighted by Crippen LogP contribution is 2.34. The molecule has 1 aliphatic carbocycles. The minimum absolute atomic E-state index is 0.0488. The van der Waals surface area contributed by atoms with Crippen LogP contribution in [0.4, 0.5) is 32.3 Å². The lowest BCUT2D eigenvalue weighted by molar-refractivity contribution is -0.215. The fourth-order valence-electron chi connectivity index (χ4n) is 4.02. The summed E-state index contributed by atoms with van der Waals surface area (Å²) in [5, 5.41) is 3.48. The number of carbonyl (C=O) groups excluding carboxylic acids is 1. The summed E-state index contributed by atoms with van der Waals surface area (Å²) in [4.78, 5) is 35.1. The van der Waals surface area contributed by atoms with E-state index in [2.05, 4.69) is 15.1 Å². The van der Waals surface area contributed by atoms with E-state index in [-0.39, 0.29) is 37.1 Å². The summed E-state index contributed by atoms with van der Waals surface area (Å²) >= 11 is 0. The first-order valence-electron chi connectivity index (χ1n) is 10.1. The zero-order valence-electron chi connectivity index (χ0n) is 17.0. The molecule has 0 aromatic carbocycles. The maximum Gasteiger partial charge on any atom is 0.507 e. The van der Waals surface area contributed by atoms with Gasteiger partial charge in [0.25, 0.3) is 5.56 Å². The number of halogens is 6. The fraction of sp³-hybridized carbons (Fsp3) is 0.526. The quantitative estimate of drug-likeness (QED) is 0.633. The van der Waals surface area contributed by atoms with Gasteiger partial charge in [-0.2, -0.15) is 18.3 Å². The molecule has 0 radical (unpaired) electrons. The van der Waals surface area contributed by atoms with Crippen LogP contribution in [0.1, 0.15) is 35.6 Å². The molecular formula is C19H18F6N6O2. The third-order valence-corrected chi connectivity index (χ3v) is 5.73. The largest absolute Gasteiger partial charge is 0.507 e. The highest BCUT2D eigenvalue weighted by Gasteiger charge is 2.37. The van der Waals surface area contributed by atoms with Crippen LogP contribution in [0.3, 0.4) is 0 Å². The molecule has 1 amide bonds. The van der Waals surface area contributed by atoms with Crippen molar-refractivity contribution in [1.29, 1.82) is 0 Å². The van der Waals surface area contributed by atoms with Crippen molar-refractivity contribution in [3.8, 4) is 0 Å².